The molecule has 1 aliphatic heterocycles. The first kappa shape index (κ1) is 37.5. The number of allylic oxidation sites excluding steroid dienone is 1. The van der Waals surface area contributed by atoms with Crippen LogP contribution in [0, 0.1) is 30.6 Å². The molecule has 11 nitrogen and oxygen atoms in total. The molecule has 0 bridgehead atoms. The summed E-state index contributed by atoms with van der Waals surface area (Å²) in [5, 5.41) is 6.94. The number of pyridine rings is 1. The molecule has 0 radical (unpaired) electrons. The average Bonchev–Trinajstić information content (AvgIpc) is 3.89. The Morgan fingerprint density at radius 2 is 1.91 bits per heavy atom. The van der Waals surface area contributed by atoms with E-state index in [1.807, 2.05) is 31.2 Å². The first-order chi connectivity index (χ1) is 25.2. The summed E-state index contributed by atoms with van der Waals surface area (Å²) in [4.78, 5) is 54.1. The maximum atomic E-state index is 14.4. The van der Waals surface area contributed by atoms with Gasteiger partial charge in [0.15, 0.2) is 0 Å². The van der Waals surface area contributed by atoms with E-state index in [-0.39, 0.29) is 29.6 Å². The number of sulfonamides is 1. The number of aromatic nitrogens is 2. The molecule has 0 spiro atoms. The van der Waals surface area contributed by atoms with Crippen molar-refractivity contribution in [1.29, 1.82) is 0 Å². The third kappa shape index (κ3) is 7.11. The number of benzene rings is 1. The molecular weight excluding hydrogens is 711 g/mol. The lowest BCUT2D eigenvalue weighted by atomic mass is 9.93. The van der Waals surface area contributed by atoms with E-state index in [2.05, 4.69) is 35.3 Å². The molecule has 3 fully saturated rings. The lowest BCUT2D eigenvalue weighted by Gasteiger charge is -2.27. The summed E-state index contributed by atoms with van der Waals surface area (Å²) < 4.78 is 33.3. The van der Waals surface area contributed by atoms with Gasteiger partial charge >= 0.3 is 0 Å². The fraction of sp³-hybridized carbons (Fsp3) is 0.575. The van der Waals surface area contributed by atoms with E-state index in [9.17, 15) is 22.8 Å². The molecule has 3 amide bonds. The van der Waals surface area contributed by atoms with Gasteiger partial charge in [-0.2, -0.15) is 0 Å². The molecule has 4 aliphatic rings. The maximum Gasteiger partial charge on any atom is 0.259 e. The van der Waals surface area contributed by atoms with Gasteiger partial charge < -0.3 is 15.0 Å². The zero-order chi connectivity index (χ0) is 37.9. The number of rotatable bonds is 8. The van der Waals surface area contributed by atoms with Crippen molar-refractivity contribution < 1.29 is 27.5 Å². The molecule has 284 valence electrons. The van der Waals surface area contributed by atoms with Crippen molar-refractivity contribution in [1.82, 2.24) is 24.9 Å². The first-order valence-corrected chi connectivity index (χ1v) is 21.3. The van der Waals surface area contributed by atoms with E-state index >= 15 is 0 Å². The van der Waals surface area contributed by atoms with Crippen molar-refractivity contribution in [3.05, 3.63) is 52.6 Å². The van der Waals surface area contributed by atoms with E-state index in [0.29, 0.717) is 45.1 Å². The SMILES string of the molecule is COc1ccc2c(C[C@@H]3C[C@H]4C(=O)N[C@]5(C(=O)NS(=O)(=O)C6(C)CC6)C[C@H]5/C=C\CCCCN(C)C(=O)[C@@H]4C3)cc(-c3nc(C(C)C)cs3)nc2c1C. The third-order valence-corrected chi connectivity index (χ3v) is 15.1. The number of carbonyl (C=O) groups is 3. The van der Waals surface area contributed by atoms with E-state index < -0.39 is 38.1 Å². The summed E-state index contributed by atoms with van der Waals surface area (Å²) in [6.45, 7) is 8.47. The number of thiazole rings is 1. The number of carbonyl (C=O) groups excluding carboxylic acids is 3. The number of hydrogen-bond donors (Lipinski definition) is 2. The molecule has 7 rings (SSSR count). The highest BCUT2D eigenvalue weighted by Crippen LogP contribution is 2.49. The van der Waals surface area contributed by atoms with Crippen LogP contribution in [-0.4, -0.2) is 72.0 Å². The molecule has 3 heterocycles. The predicted molar refractivity (Wildman–Crippen MR) is 206 cm³/mol. The number of amides is 3. The monoisotopic (exact) mass is 761 g/mol. The minimum Gasteiger partial charge on any atom is -0.496 e. The smallest absolute Gasteiger partial charge is 0.259 e. The summed E-state index contributed by atoms with van der Waals surface area (Å²) in [5.74, 6) is -1.69. The quantitative estimate of drug-likeness (QED) is 0.264. The molecular formula is C40H51N5O6S2. The molecule has 3 aromatic rings. The van der Waals surface area contributed by atoms with Crippen molar-refractivity contribution in [2.24, 2.45) is 23.7 Å². The number of ether oxygens (including phenoxy) is 1. The minimum atomic E-state index is -3.91. The molecule has 2 aromatic heterocycles. The van der Waals surface area contributed by atoms with E-state index in [1.54, 1.807) is 37.3 Å². The predicted octanol–water partition coefficient (Wildman–Crippen LogP) is 6.06. The lowest BCUT2D eigenvalue weighted by Crippen LogP contribution is -2.55. The molecule has 13 heteroatoms. The number of methoxy groups -OCH3 is 1. The topological polar surface area (TPSA) is 148 Å². The van der Waals surface area contributed by atoms with Gasteiger partial charge in [-0.3, -0.25) is 19.1 Å². The van der Waals surface area contributed by atoms with E-state index in [4.69, 9.17) is 14.7 Å². The van der Waals surface area contributed by atoms with Crippen molar-refractivity contribution in [3.63, 3.8) is 0 Å². The second-order valence-corrected chi connectivity index (χ2v) is 19.3. The Balaban J connectivity index is 1.21. The highest BCUT2D eigenvalue weighted by Gasteiger charge is 2.63. The zero-order valence-electron chi connectivity index (χ0n) is 31.5. The molecule has 3 saturated carbocycles. The van der Waals surface area contributed by atoms with Crippen LogP contribution in [0.15, 0.2) is 35.7 Å². The van der Waals surface area contributed by atoms with Crippen LogP contribution in [0.2, 0.25) is 0 Å². The summed E-state index contributed by atoms with van der Waals surface area (Å²) >= 11 is 1.57. The van der Waals surface area contributed by atoms with Gasteiger partial charge in [-0.1, -0.05) is 26.0 Å². The van der Waals surface area contributed by atoms with Crippen LogP contribution in [0.25, 0.3) is 21.6 Å². The molecule has 2 N–H and O–H groups in total. The minimum absolute atomic E-state index is 0.0120. The lowest BCUT2D eigenvalue weighted by molar-refractivity contribution is -0.140. The largest absolute Gasteiger partial charge is 0.496 e. The fourth-order valence-electron chi connectivity index (χ4n) is 8.17. The molecule has 0 saturated heterocycles. The van der Waals surface area contributed by atoms with Crippen LogP contribution in [0.1, 0.15) is 94.9 Å². The molecule has 5 atom stereocenters. The number of aryl methyl sites for hydroxylation is 1. The fourth-order valence-corrected chi connectivity index (χ4v) is 10.4. The van der Waals surface area contributed by atoms with Crippen molar-refractivity contribution in [3.8, 4) is 16.5 Å². The van der Waals surface area contributed by atoms with E-state index in [0.717, 1.165) is 63.4 Å². The third-order valence-electron chi connectivity index (χ3n) is 12.1. The van der Waals surface area contributed by atoms with Gasteiger partial charge in [0.2, 0.25) is 21.8 Å². The summed E-state index contributed by atoms with van der Waals surface area (Å²) in [6, 6.07) is 6.09. The van der Waals surface area contributed by atoms with Crippen LogP contribution in [0.4, 0.5) is 0 Å². The van der Waals surface area contributed by atoms with Crippen LogP contribution in [-0.2, 0) is 30.8 Å². The summed E-state index contributed by atoms with van der Waals surface area (Å²) in [7, 11) is -0.451. The Hall–Kier alpha value is -3.84. The highest BCUT2D eigenvalue weighted by atomic mass is 32.2. The van der Waals surface area contributed by atoms with Crippen LogP contribution < -0.4 is 14.8 Å². The van der Waals surface area contributed by atoms with Gasteiger partial charge in [0.25, 0.3) is 5.91 Å². The van der Waals surface area contributed by atoms with Crippen LogP contribution in [0.3, 0.4) is 0 Å². The van der Waals surface area contributed by atoms with Gasteiger partial charge in [-0.15, -0.1) is 11.3 Å². The summed E-state index contributed by atoms with van der Waals surface area (Å²) in [6.07, 6.45) is 9.27. The second kappa shape index (κ2) is 14.1. The Morgan fingerprint density at radius 1 is 1.15 bits per heavy atom. The zero-order valence-corrected chi connectivity index (χ0v) is 33.2. The Morgan fingerprint density at radius 3 is 2.60 bits per heavy atom. The number of hydrogen-bond acceptors (Lipinski definition) is 9. The van der Waals surface area contributed by atoms with Crippen molar-refractivity contribution in [2.45, 2.75) is 102 Å². The van der Waals surface area contributed by atoms with Gasteiger partial charge in [0, 0.05) is 47.7 Å². The Kier molecular flexibility index (Phi) is 9.97. The average molecular weight is 762 g/mol. The molecule has 1 aromatic carbocycles. The van der Waals surface area contributed by atoms with Crippen LogP contribution in [0.5, 0.6) is 5.75 Å². The van der Waals surface area contributed by atoms with Gasteiger partial charge in [-0.25, -0.2) is 18.4 Å². The molecule has 53 heavy (non-hydrogen) atoms. The molecule has 0 unspecified atom stereocenters. The number of nitrogens with zero attached hydrogens (tertiary/aromatic N) is 3. The summed E-state index contributed by atoms with van der Waals surface area (Å²) in [5.41, 5.74) is 3.25. The highest BCUT2D eigenvalue weighted by molar-refractivity contribution is 7.91. The number of nitrogens with one attached hydrogen (secondary N) is 2. The first-order valence-electron chi connectivity index (χ1n) is 18.9. The van der Waals surface area contributed by atoms with Gasteiger partial charge in [0.05, 0.1) is 28.8 Å². The van der Waals surface area contributed by atoms with Gasteiger partial charge in [-0.05, 0) is 107 Å². The normalized spacial score (nSPS) is 27.8. The Labute approximate surface area is 316 Å². The maximum absolute atomic E-state index is 14.4. The van der Waals surface area contributed by atoms with Gasteiger partial charge in [0.1, 0.15) is 16.3 Å². The standard InChI is InChI=1S/C40H51N5O6S2/c1-23(2)32-22-52-36(42-32)31-20-26(28-12-13-33(51-6)24(3)34(28)41-31)17-25-18-29-30(19-25)37(47)45(5)16-10-8-7-9-11-27-21-40(27,43-35(29)46)38(48)44-53(49,50)39(4)14-15-39/h9,11-13,20,22-23,25,27,29-30H,7-8,10,14-19,21H2,1-6H3,(H,43,46)(H,44,48)/b11-9-/t25-,27-,29-,30-,40-/m1/s1. The molecule has 3 aliphatic carbocycles. The second-order valence-electron chi connectivity index (χ2n) is 16.3. The number of fused-ring (bicyclic) bond motifs is 3. The Bertz CT molecular complexity index is 2090. The van der Waals surface area contributed by atoms with Crippen LogP contribution >= 0.6 is 11.3 Å². The van der Waals surface area contributed by atoms with Crippen molar-refractivity contribution >= 4 is 50.0 Å². The van der Waals surface area contributed by atoms with Crippen molar-refractivity contribution in [2.75, 3.05) is 20.7 Å². The van der Waals surface area contributed by atoms with E-state index in [1.165, 1.54) is 0 Å².